The molecule has 1 unspecified atom stereocenters. The van der Waals surface area contributed by atoms with Crippen LogP contribution >= 0.6 is 11.6 Å². The maximum Gasteiger partial charge on any atom is 0.501 e. The van der Waals surface area contributed by atoms with Gasteiger partial charge < -0.3 is 10.4 Å². The normalized spacial score (nSPS) is 13.2. The Morgan fingerprint density at radius 2 is 1.78 bits per heavy atom. The summed E-state index contributed by atoms with van der Waals surface area (Å²) in [6, 6.07) is 7.06. The molecule has 0 bridgehead atoms. The van der Waals surface area contributed by atoms with Gasteiger partial charge in [0.05, 0.1) is 22.5 Å². The zero-order chi connectivity index (χ0) is 20.4. The number of nitrogens with one attached hydrogen (secondary N) is 1. The Balaban J connectivity index is 2.45. The van der Waals surface area contributed by atoms with Gasteiger partial charge >= 0.3 is 5.51 Å². The van der Waals surface area contributed by atoms with Gasteiger partial charge in [-0.1, -0.05) is 23.7 Å². The molecule has 0 radical (unpaired) electrons. The number of sulfone groups is 1. The van der Waals surface area contributed by atoms with E-state index in [2.05, 4.69) is 5.32 Å². The Hall–Kier alpha value is -2.37. The standard InChI is InChI=1S/C15H12ClF3N2O5S/c16-10-3-1-9(2-4-10)13(8-22)20-12-6-5-11(7-14(12)21(23)24)27(25,26)15(17,18)19/h1-7,13,20,22H,8H2. The van der Waals surface area contributed by atoms with E-state index in [0.29, 0.717) is 22.7 Å². The fraction of sp³-hybridized carbons (Fsp3) is 0.200. The van der Waals surface area contributed by atoms with E-state index in [0.717, 1.165) is 6.07 Å². The van der Waals surface area contributed by atoms with E-state index >= 15 is 0 Å². The molecule has 146 valence electrons. The zero-order valence-electron chi connectivity index (χ0n) is 13.3. The van der Waals surface area contributed by atoms with Crippen LogP contribution in [0.4, 0.5) is 24.5 Å². The maximum absolute atomic E-state index is 12.7. The minimum absolute atomic E-state index is 0.255. The third kappa shape index (κ3) is 4.49. The van der Waals surface area contributed by atoms with Crippen LogP contribution in [0, 0.1) is 10.1 Å². The molecule has 2 N–H and O–H groups in total. The Labute approximate surface area is 156 Å². The number of aliphatic hydroxyl groups is 1. The molecule has 27 heavy (non-hydrogen) atoms. The summed E-state index contributed by atoms with van der Waals surface area (Å²) >= 11 is 5.76. The van der Waals surface area contributed by atoms with E-state index in [1.807, 2.05) is 0 Å². The van der Waals surface area contributed by atoms with Crippen molar-refractivity contribution in [3.8, 4) is 0 Å². The summed E-state index contributed by atoms with van der Waals surface area (Å²) in [6.45, 7) is -0.499. The van der Waals surface area contributed by atoms with Crippen LogP contribution in [0.2, 0.25) is 5.02 Å². The molecule has 12 heteroatoms. The molecule has 1 atom stereocenters. The molecular weight excluding hydrogens is 413 g/mol. The van der Waals surface area contributed by atoms with Crippen molar-refractivity contribution in [1.29, 1.82) is 0 Å². The minimum atomic E-state index is -5.74. The van der Waals surface area contributed by atoms with Crippen LogP contribution in [0.3, 0.4) is 0 Å². The second-order valence-corrected chi connectivity index (χ2v) is 7.69. The van der Waals surface area contributed by atoms with Gasteiger partial charge in [-0.3, -0.25) is 10.1 Å². The number of nitrogens with zero attached hydrogens (tertiary/aromatic N) is 1. The molecule has 0 saturated carbocycles. The highest BCUT2D eigenvalue weighted by atomic mass is 35.5. The maximum atomic E-state index is 12.7. The number of nitro groups is 1. The van der Waals surface area contributed by atoms with Gasteiger partial charge in [-0.25, -0.2) is 8.42 Å². The molecule has 0 fully saturated rings. The van der Waals surface area contributed by atoms with Crippen LogP contribution in [0.25, 0.3) is 0 Å². The molecule has 0 aromatic heterocycles. The SMILES string of the molecule is O=[N+]([O-])c1cc(S(=O)(=O)C(F)(F)F)ccc1NC(CO)c1ccc(Cl)cc1. The first-order valence-corrected chi connectivity index (χ1v) is 9.06. The van der Waals surface area contributed by atoms with Gasteiger partial charge in [-0.2, -0.15) is 13.2 Å². The monoisotopic (exact) mass is 424 g/mol. The number of anilines is 1. The summed E-state index contributed by atoms with van der Waals surface area (Å²) in [5, 5.41) is 23.8. The molecule has 0 amide bonds. The van der Waals surface area contributed by atoms with Gasteiger partial charge in [0.2, 0.25) is 0 Å². The van der Waals surface area contributed by atoms with Gasteiger partial charge in [0, 0.05) is 11.1 Å². The first kappa shape index (κ1) is 20.9. The molecule has 0 heterocycles. The Morgan fingerprint density at radius 1 is 1.19 bits per heavy atom. The summed E-state index contributed by atoms with van der Waals surface area (Å²) in [5.74, 6) is 0. The van der Waals surface area contributed by atoms with Crippen molar-refractivity contribution in [1.82, 2.24) is 0 Å². The number of benzene rings is 2. The summed E-state index contributed by atoms with van der Waals surface area (Å²) in [4.78, 5) is 8.94. The van der Waals surface area contributed by atoms with E-state index < -0.39 is 43.5 Å². The summed E-state index contributed by atoms with van der Waals surface area (Å²) in [5.41, 5.74) is -6.22. The van der Waals surface area contributed by atoms with Gasteiger partial charge in [0.25, 0.3) is 15.5 Å². The van der Waals surface area contributed by atoms with Crippen LogP contribution in [0.5, 0.6) is 0 Å². The lowest BCUT2D eigenvalue weighted by molar-refractivity contribution is -0.384. The first-order chi connectivity index (χ1) is 12.5. The van der Waals surface area contributed by atoms with Crippen LogP contribution in [0.1, 0.15) is 11.6 Å². The fourth-order valence-corrected chi connectivity index (χ4v) is 3.11. The molecule has 0 aliphatic rings. The molecule has 7 nitrogen and oxygen atoms in total. The van der Waals surface area contributed by atoms with Crippen molar-refractivity contribution in [3.63, 3.8) is 0 Å². The number of nitro benzene ring substituents is 1. The van der Waals surface area contributed by atoms with E-state index in [1.54, 1.807) is 12.1 Å². The fourth-order valence-electron chi connectivity index (χ4n) is 2.20. The van der Waals surface area contributed by atoms with Crippen molar-refractivity contribution in [2.24, 2.45) is 0 Å². The third-order valence-corrected chi connectivity index (χ3v) is 5.30. The van der Waals surface area contributed by atoms with Crippen molar-refractivity contribution in [3.05, 3.63) is 63.2 Å². The van der Waals surface area contributed by atoms with Crippen molar-refractivity contribution in [2.45, 2.75) is 16.4 Å². The smallest absolute Gasteiger partial charge is 0.394 e. The number of halogens is 4. The van der Waals surface area contributed by atoms with Gasteiger partial charge in [-0.15, -0.1) is 0 Å². The Bertz CT molecular complexity index is 949. The molecule has 0 spiro atoms. The van der Waals surface area contributed by atoms with Crippen molar-refractivity contribution in [2.75, 3.05) is 11.9 Å². The molecule has 0 saturated heterocycles. The minimum Gasteiger partial charge on any atom is -0.394 e. The number of hydrogen-bond donors (Lipinski definition) is 2. The molecular formula is C15H12ClF3N2O5S. The largest absolute Gasteiger partial charge is 0.501 e. The van der Waals surface area contributed by atoms with E-state index in [1.165, 1.54) is 12.1 Å². The highest BCUT2D eigenvalue weighted by Crippen LogP contribution is 2.35. The van der Waals surface area contributed by atoms with Crippen molar-refractivity contribution < 1.29 is 31.6 Å². The Morgan fingerprint density at radius 3 is 2.26 bits per heavy atom. The average Bonchev–Trinajstić information content (AvgIpc) is 2.59. The molecule has 2 rings (SSSR count). The lowest BCUT2D eigenvalue weighted by Crippen LogP contribution is -2.23. The van der Waals surface area contributed by atoms with E-state index in [-0.39, 0.29) is 5.69 Å². The third-order valence-electron chi connectivity index (χ3n) is 3.57. The predicted molar refractivity (Wildman–Crippen MR) is 91.2 cm³/mol. The lowest BCUT2D eigenvalue weighted by atomic mass is 10.1. The van der Waals surface area contributed by atoms with Crippen LogP contribution < -0.4 is 5.32 Å². The van der Waals surface area contributed by atoms with E-state index in [9.17, 15) is 36.8 Å². The van der Waals surface area contributed by atoms with E-state index in [4.69, 9.17) is 11.6 Å². The highest BCUT2D eigenvalue weighted by molar-refractivity contribution is 7.92. The molecule has 0 aliphatic heterocycles. The summed E-state index contributed by atoms with van der Waals surface area (Å²) < 4.78 is 60.9. The quantitative estimate of drug-likeness (QED) is 0.540. The number of alkyl halides is 3. The molecule has 2 aromatic carbocycles. The summed E-state index contributed by atoms with van der Waals surface area (Å²) in [7, 11) is -5.74. The summed E-state index contributed by atoms with van der Waals surface area (Å²) in [6.07, 6.45) is 0. The highest BCUT2D eigenvalue weighted by Gasteiger charge is 2.47. The first-order valence-electron chi connectivity index (χ1n) is 7.20. The number of aliphatic hydroxyl groups excluding tert-OH is 1. The number of rotatable bonds is 6. The van der Waals surface area contributed by atoms with Gasteiger partial charge in [0.15, 0.2) is 0 Å². The lowest BCUT2D eigenvalue weighted by Gasteiger charge is -2.18. The topological polar surface area (TPSA) is 110 Å². The van der Waals surface area contributed by atoms with Crippen LogP contribution in [-0.2, 0) is 9.84 Å². The molecule has 0 aliphatic carbocycles. The second-order valence-electron chi connectivity index (χ2n) is 5.32. The van der Waals surface area contributed by atoms with Gasteiger partial charge in [0.1, 0.15) is 5.69 Å². The second kappa shape index (κ2) is 7.71. The van der Waals surface area contributed by atoms with Crippen LogP contribution in [-0.4, -0.2) is 30.6 Å². The average molecular weight is 425 g/mol. The molecule has 2 aromatic rings. The van der Waals surface area contributed by atoms with Gasteiger partial charge in [-0.05, 0) is 29.8 Å². The zero-order valence-corrected chi connectivity index (χ0v) is 14.8. The Kier molecular flexibility index (Phi) is 5.97. The number of hydrogen-bond acceptors (Lipinski definition) is 6. The van der Waals surface area contributed by atoms with Crippen LogP contribution in [0.15, 0.2) is 47.4 Å². The van der Waals surface area contributed by atoms with Crippen molar-refractivity contribution >= 4 is 32.8 Å². The predicted octanol–water partition coefficient (Wildman–Crippen LogP) is 3.69.